The van der Waals surface area contributed by atoms with Crippen LogP contribution < -0.4 is 4.74 Å². The zero-order valence-corrected chi connectivity index (χ0v) is 13.5. The van der Waals surface area contributed by atoms with Gasteiger partial charge < -0.3 is 4.74 Å². The Balaban J connectivity index is 2.26. The molecule has 0 heterocycles. The van der Waals surface area contributed by atoms with Crippen molar-refractivity contribution in [1.82, 2.24) is 0 Å². The summed E-state index contributed by atoms with van der Waals surface area (Å²) in [6, 6.07) is 12.4. The predicted octanol–water partition coefficient (Wildman–Crippen LogP) is 5.76. The number of allylic oxidation sites excluding steroid dienone is 1. The van der Waals surface area contributed by atoms with E-state index in [4.69, 9.17) is 4.74 Å². The normalized spacial score (nSPS) is 10.3. The van der Waals surface area contributed by atoms with Crippen molar-refractivity contribution >= 4 is 11.3 Å². The van der Waals surface area contributed by atoms with Gasteiger partial charge >= 0.3 is 0 Å². The van der Waals surface area contributed by atoms with Gasteiger partial charge in [0.15, 0.2) is 0 Å². The summed E-state index contributed by atoms with van der Waals surface area (Å²) in [4.78, 5) is 10.6. The molecule has 0 aliphatic carbocycles. The van der Waals surface area contributed by atoms with E-state index in [1.54, 1.807) is 12.1 Å². The molecule has 0 saturated carbocycles. The maximum atomic E-state index is 11.0. The van der Waals surface area contributed by atoms with Gasteiger partial charge in [-0.3, -0.25) is 10.1 Å². The Morgan fingerprint density at radius 3 is 2.48 bits per heavy atom. The lowest BCUT2D eigenvalue weighted by molar-refractivity contribution is -0.384. The standard InChI is InChI=1S/C19H21NO3/c1-4-5-6-16-13-17(20(21)22)9-12-19(16)23-18-10-7-15(8-11-18)14(2)3/h7-13H,2,4-6H2,1,3H3. The lowest BCUT2D eigenvalue weighted by atomic mass is 10.1. The van der Waals surface area contributed by atoms with Gasteiger partial charge in [-0.25, -0.2) is 0 Å². The van der Waals surface area contributed by atoms with E-state index in [9.17, 15) is 10.1 Å². The fourth-order valence-corrected chi connectivity index (χ4v) is 2.28. The smallest absolute Gasteiger partial charge is 0.269 e. The lowest BCUT2D eigenvalue weighted by Gasteiger charge is -2.11. The monoisotopic (exact) mass is 311 g/mol. The van der Waals surface area contributed by atoms with Crippen LogP contribution >= 0.6 is 0 Å². The summed E-state index contributed by atoms with van der Waals surface area (Å²) in [6.07, 6.45) is 2.75. The molecular formula is C19H21NO3. The highest BCUT2D eigenvalue weighted by Gasteiger charge is 2.12. The summed E-state index contributed by atoms with van der Waals surface area (Å²) in [5.74, 6) is 1.38. The largest absolute Gasteiger partial charge is 0.457 e. The van der Waals surface area contributed by atoms with Gasteiger partial charge in [-0.2, -0.15) is 0 Å². The zero-order chi connectivity index (χ0) is 16.8. The minimum Gasteiger partial charge on any atom is -0.457 e. The SMILES string of the molecule is C=C(C)c1ccc(Oc2ccc([N+](=O)[O-])cc2CCCC)cc1. The molecule has 0 saturated heterocycles. The Hall–Kier alpha value is -2.62. The third-order valence-electron chi connectivity index (χ3n) is 3.63. The van der Waals surface area contributed by atoms with Crippen molar-refractivity contribution in [3.63, 3.8) is 0 Å². The molecular weight excluding hydrogens is 290 g/mol. The second kappa shape index (κ2) is 7.58. The molecule has 0 atom stereocenters. The van der Waals surface area contributed by atoms with Gasteiger partial charge in [0.1, 0.15) is 11.5 Å². The number of hydrogen-bond acceptors (Lipinski definition) is 3. The molecule has 4 heteroatoms. The molecule has 0 bridgehead atoms. The average Bonchev–Trinajstić information content (AvgIpc) is 2.54. The van der Waals surface area contributed by atoms with Crippen LogP contribution in [0.4, 0.5) is 5.69 Å². The number of hydrogen-bond donors (Lipinski definition) is 0. The first-order valence-corrected chi connectivity index (χ1v) is 7.72. The van der Waals surface area contributed by atoms with Gasteiger partial charge in [-0.1, -0.05) is 37.6 Å². The van der Waals surface area contributed by atoms with Gasteiger partial charge in [-0.05, 0) is 43.5 Å². The number of unbranched alkanes of at least 4 members (excludes halogenated alkanes) is 1. The van der Waals surface area contributed by atoms with Crippen LogP contribution in [0.15, 0.2) is 49.0 Å². The highest BCUT2D eigenvalue weighted by molar-refractivity contribution is 5.62. The highest BCUT2D eigenvalue weighted by Crippen LogP contribution is 2.30. The molecule has 0 aliphatic rings. The number of rotatable bonds is 7. The molecule has 0 aliphatic heterocycles. The van der Waals surface area contributed by atoms with Crippen LogP contribution in [0.1, 0.15) is 37.8 Å². The molecule has 2 aromatic rings. The number of nitro groups is 1. The minimum absolute atomic E-state index is 0.0982. The van der Waals surface area contributed by atoms with Crippen LogP contribution in [0.3, 0.4) is 0 Å². The lowest BCUT2D eigenvalue weighted by Crippen LogP contribution is -1.95. The number of benzene rings is 2. The minimum atomic E-state index is -0.374. The number of non-ortho nitro benzene ring substituents is 1. The van der Waals surface area contributed by atoms with Crippen LogP contribution in [0.5, 0.6) is 11.5 Å². The van der Waals surface area contributed by atoms with Gasteiger partial charge in [-0.15, -0.1) is 0 Å². The van der Waals surface area contributed by atoms with Crippen molar-refractivity contribution in [2.24, 2.45) is 0 Å². The molecule has 0 amide bonds. The van der Waals surface area contributed by atoms with E-state index in [1.807, 2.05) is 31.2 Å². The molecule has 0 fully saturated rings. The summed E-state index contributed by atoms with van der Waals surface area (Å²) in [5.41, 5.74) is 3.02. The van der Waals surface area contributed by atoms with E-state index in [0.717, 1.165) is 36.0 Å². The second-order valence-electron chi connectivity index (χ2n) is 5.56. The molecule has 0 N–H and O–H groups in total. The van der Waals surface area contributed by atoms with Crippen molar-refractivity contribution < 1.29 is 9.66 Å². The molecule has 2 aromatic carbocycles. The summed E-state index contributed by atoms with van der Waals surface area (Å²) in [5, 5.41) is 11.0. The van der Waals surface area contributed by atoms with Crippen molar-refractivity contribution in [1.29, 1.82) is 0 Å². The average molecular weight is 311 g/mol. The van der Waals surface area contributed by atoms with Crippen LogP contribution in [-0.4, -0.2) is 4.92 Å². The Kier molecular flexibility index (Phi) is 5.52. The van der Waals surface area contributed by atoms with Gasteiger partial charge in [0.05, 0.1) is 4.92 Å². The molecule has 0 aromatic heterocycles. The quantitative estimate of drug-likeness (QED) is 0.482. The number of nitrogens with zero attached hydrogens (tertiary/aromatic N) is 1. The molecule has 4 nitrogen and oxygen atoms in total. The van der Waals surface area contributed by atoms with E-state index < -0.39 is 0 Å². The second-order valence-corrected chi connectivity index (χ2v) is 5.56. The third-order valence-corrected chi connectivity index (χ3v) is 3.63. The third kappa shape index (κ3) is 4.42. The Labute approximate surface area is 136 Å². The summed E-state index contributed by atoms with van der Waals surface area (Å²) in [7, 11) is 0. The Morgan fingerprint density at radius 1 is 1.22 bits per heavy atom. The van der Waals surface area contributed by atoms with E-state index >= 15 is 0 Å². The summed E-state index contributed by atoms with van der Waals surface area (Å²) >= 11 is 0. The highest BCUT2D eigenvalue weighted by atomic mass is 16.6. The number of nitro benzene ring substituents is 1. The van der Waals surface area contributed by atoms with Gasteiger partial charge in [0.2, 0.25) is 0 Å². The van der Waals surface area contributed by atoms with E-state index in [2.05, 4.69) is 13.5 Å². The van der Waals surface area contributed by atoms with Gasteiger partial charge in [0, 0.05) is 17.7 Å². The van der Waals surface area contributed by atoms with E-state index in [0.29, 0.717) is 11.5 Å². The van der Waals surface area contributed by atoms with Crippen LogP contribution in [0, 0.1) is 10.1 Å². The molecule has 2 rings (SSSR count). The first-order chi connectivity index (χ1) is 11.0. The van der Waals surface area contributed by atoms with E-state index in [-0.39, 0.29) is 10.6 Å². The van der Waals surface area contributed by atoms with E-state index in [1.165, 1.54) is 6.07 Å². The summed E-state index contributed by atoms with van der Waals surface area (Å²) < 4.78 is 5.92. The summed E-state index contributed by atoms with van der Waals surface area (Å²) in [6.45, 7) is 7.95. The number of ether oxygens (including phenoxy) is 1. The molecule has 23 heavy (non-hydrogen) atoms. The molecule has 0 unspecified atom stereocenters. The molecule has 120 valence electrons. The fourth-order valence-electron chi connectivity index (χ4n) is 2.28. The predicted molar refractivity (Wildman–Crippen MR) is 92.9 cm³/mol. The fraction of sp³-hybridized carbons (Fsp3) is 0.263. The van der Waals surface area contributed by atoms with Crippen LogP contribution in [0.2, 0.25) is 0 Å². The maximum absolute atomic E-state index is 11.0. The van der Waals surface area contributed by atoms with Crippen LogP contribution in [-0.2, 0) is 6.42 Å². The zero-order valence-electron chi connectivity index (χ0n) is 13.5. The maximum Gasteiger partial charge on any atom is 0.269 e. The van der Waals surface area contributed by atoms with Crippen molar-refractivity contribution in [3.05, 3.63) is 70.3 Å². The Morgan fingerprint density at radius 2 is 1.91 bits per heavy atom. The first-order valence-electron chi connectivity index (χ1n) is 7.72. The van der Waals surface area contributed by atoms with Crippen LogP contribution in [0.25, 0.3) is 5.57 Å². The van der Waals surface area contributed by atoms with Crippen molar-refractivity contribution in [3.8, 4) is 11.5 Å². The first kappa shape index (κ1) is 16.7. The molecule has 0 radical (unpaired) electrons. The van der Waals surface area contributed by atoms with Crippen molar-refractivity contribution in [2.45, 2.75) is 33.1 Å². The Bertz CT molecular complexity index is 705. The molecule has 0 spiro atoms. The van der Waals surface area contributed by atoms with Gasteiger partial charge in [0.25, 0.3) is 5.69 Å². The topological polar surface area (TPSA) is 52.4 Å². The van der Waals surface area contributed by atoms with Crippen molar-refractivity contribution in [2.75, 3.05) is 0 Å². The number of aryl methyl sites for hydroxylation is 1.